The highest BCUT2D eigenvalue weighted by Gasteiger charge is 2.21. The van der Waals surface area contributed by atoms with Gasteiger partial charge in [0.05, 0.1) is 4.88 Å². The monoisotopic (exact) mass is 520 g/mol. The third kappa shape index (κ3) is 7.91. The smallest absolute Gasteiger partial charge is 0.185 e. The molecule has 1 saturated heterocycles. The molecule has 3 aromatic rings. The van der Waals surface area contributed by atoms with Crippen molar-refractivity contribution in [1.29, 1.82) is 0 Å². The van der Waals surface area contributed by atoms with Crippen molar-refractivity contribution < 1.29 is 9.84 Å². The Bertz CT molecular complexity index is 1240. The summed E-state index contributed by atoms with van der Waals surface area (Å²) in [6, 6.07) is 10.2. The van der Waals surface area contributed by atoms with Crippen molar-refractivity contribution in [2.75, 3.05) is 43.9 Å². The summed E-state index contributed by atoms with van der Waals surface area (Å²) < 4.78 is 6.04. The Hall–Kier alpha value is -3.16. The number of hydrogen-bond acceptors (Lipinski definition) is 9. The Labute approximate surface area is 223 Å². The number of thiazole rings is 1. The van der Waals surface area contributed by atoms with Crippen LogP contribution in [0.15, 0.2) is 42.7 Å². The molecule has 9 heteroatoms. The molecular formula is C28H36N6O2S. The molecule has 0 atom stereocenters. The molecule has 4 rings (SSSR count). The standard InChI is InChI=1S/C28H36N6O2S/c1-28(2,35)10-7-20-5-4-6-21(15-20)19-36-24-16-22(17-32-26(24)29)25-18-33-27(37-25)34-13-8-23(9-14-34)31-12-11-30-3/h4-6,15-18,23,30-31,35H,8-9,11-14,19H2,1-3H3,(H2,29,32). The van der Waals surface area contributed by atoms with Crippen molar-refractivity contribution in [2.24, 2.45) is 0 Å². The first-order valence-electron chi connectivity index (χ1n) is 12.6. The van der Waals surface area contributed by atoms with Gasteiger partial charge in [-0.15, -0.1) is 0 Å². The zero-order valence-corrected chi connectivity index (χ0v) is 22.6. The fourth-order valence-electron chi connectivity index (χ4n) is 4.05. The molecule has 0 spiro atoms. The molecule has 1 aliphatic rings. The third-order valence-corrected chi connectivity index (χ3v) is 7.17. The van der Waals surface area contributed by atoms with Gasteiger partial charge in [-0.1, -0.05) is 35.3 Å². The number of nitrogens with zero attached hydrogens (tertiary/aromatic N) is 3. The second kappa shape index (κ2) is 12.4. The maximum absolute atomic E-state index is 9.84. The lowest BCUT2D eigenvalue weighted by Gasteiger charge is -2.32. The molecule has 3 heterocycles. The summed E-state index contributed by atoms with van der Waals surface area (Å²) in [7, 11) is 1.98. The van der Waals surface area contributed by atoms with E-state index in [1.54, 1.807) is 31.4 Å². The molecule has 0 amide bonds. The number of aromatic nitrogens is 2. The molecule has 2 aromatic heterocycles. The highest BCUT2D eigenvalue weighted by molar-refractivity contribution is 7.18. The quantitative estimate of drug-likeness (QED) is 0.252. The van der Waals surface area contributed by atoms with Crippen molar-refractivity contribution in [1.82, 2.24) is 20.6 Å². The number of likely N-dealkylation sites (N-methyl/N-ethyl adjacent to an activating group) is 1. The zero-order chi connectivity index (χ0) is 26.3. The molecule has 1 aliphatic heterocycles. The average Bonchev–Trinajstić information content (AvgIpc) is 3.38. The average molecular weight is 521 g/mol. The van der Waals surface area contributed by atoms with Crippen LogP contribution in [0, 0.1) is 11.8 Å². The van der Waals surface area contributed by atoms with E-state index in [9.17, 15) is 5.11 Å². The number of nitrogen functional groups attached to an aromatic ring is 1. The van der Waals surface area contributed by atoms with Crippen LogP contribution in [-0.4, -0.2) is 59.9 Å². The van der Waals surface area contributed by atoms with E-state index in [0.29, 0.717) is 24.2 Å². The Morgan fingerprint density at radius 3 is 2.76 bits per heavy atom. The zero-order valence-electron chi connectivity index (χ0n) is 21.8. The summed E-state index contributed by atoms with van der Waals surface area (Å²) in [5, 5.41) is 17.7. The normalized spacial score (nSPS) is 14.3. The number of rotatable bonds is 9. The fraction of sp³-hybridized carbons (Fsp3) is 0.429. The van der Waals surface area contributed by atoms with Gasteiger partial charge in [0.1, 0.15) is 12.2 Å². The summed E-state index contributed by atoms with van der Waals surface area (Å²) in [6.07, 6.45) is 5.90. The van der Waals surface area contributed by atoms with Crippen molar-refractivity contribution in [3.8, 4) is 28.0 Å². The number of nitrogens with two attached hydrogens (primary N) is 1. The van der Waals surface area contributed by atoms with Gasteiger partial charge in [0.2, 0.25) is 0 Å². The first-order chi connectivity index (χ1) is 17.8. The number of ether oxygens (including phenoxy) is 1. The Kier molecular flexibility index (Phi) is 9.00. The highest BCUT2D eigenvalue weighted by atomic mass is 32.1. The van der Waals surface area contributed by atoms with Crippen molar-refractivity contribution in [3.63, 3.8) is 0 Å². The third-order valence-electron chi connectivity index (χ3n) is 6.07. The topological polar surface area (TPSA) is 109 Å². The second-order valence-electron chi connectivity index (χ2n) is 9.73. The van der Waals surface area contributed by atoms with Gasteiger partial charge in [0.15, 0.2) is 16.7 Å². The van der Waals surface area contributed by atoms with Crippen molar-refractivity contribution in [2.45, 2.75) is 44.9 Å². The molecule has 1 fully saturated rings. The number of benzene rings is 1. The predicted molar refractivity (Wildman–Crippen MR) is 151 cm³/mol. The van der Waals surface area contributed by atoms with E-state index in [2.05, 4.69) is 32.4 Å². The Balaban J connectivity index is 1.38. The lowest BCUT2D eigenvalue weighted by Crippen LogP contribution is -2.44. The van der Waals surface area contributed by atoms with E-state index >= 15 is 0 Å². The summed E-state index contributed by atoms with van der Waals surface area (Å²) in [4.78, 5) is 12.4. The molecule has 0 bridgehead atoms. The molecule has 196 valence electrons. The Morgan fingerprint density at radius 2 is 2.00 bits per heavy atom. The lowest BCUT2D eigenvalue weighted by molar-refractivity contribution is 0.143. The van der Waals surface area contributed by atoms with Gasteiger partial charge >= 0.3 is 0 Å². The first-order valence-corrected chi connectivity index (χ1v) is 13.4. The van der Waals surface area contributed by atoms with Gasteiger partial charge in [0, 0.05) is 55.7 Å². The summed E-state index contributed by atoms with van der Waals surface area (Å²) in [5.74, 6) is 6.72. The molecule has 0 saturated carbocycles. The molecule has 8 nitrogen and oxygen atoms in total. The highest BCUT2D eigenvalue weighted by Crippen LogP contribution is 2.35. The lowest BCUT2D eigenvalue weighted by atomic mass is 10.1. The minimum absolute atomic E-state index is 0.332. The van der Waals surface area contributed by atoms with E-state index in [1.165, 1.54) is 0 Å². The molecule has 0 aliphatic carbocycles. The van der Waals surface area contributed by atoms with Crippen LogP contribution in [0.4, 0.5) is 10.9 Å². The summed E-state index contributed by atoms with van der Waals surface area (Å²) in [5.41, 5.74) is 7.79. The van der Waals surface area contributed by atoms with Crippen LogP contribution in [0.25, 0.3) is 10.4 Å². The number of nitrogens with one attached hydrogen (secondary N) is 2. The number of anilines is 2. The van der Waals surface area contributed by atoms with Crippen molar-refractivity contribution in [3.05, 3.63) is 53.9 Å². The maximum Gasteiger partial charge on any atom is 0.185 e. The van der Waals surface area contributed by atoms with Gasteiger partial charge in [-0.25, -0.2) is 9.97 Å². The van der Waals surface area contributed by atoms with Crippen LogP contribution in [0.3, 0.4) is 0 Å². The van der Waals surface area contributed by atoms with E-state index in [1.807, 2.05) is 43.6 Å². The van der Waals surface area contributed by atoms with Gasteiger partial charge in [-0.3, -0.25) is 0 Å². The summed E-state index contributed by atoms with van der Waals surface area (Å²) in [6.45, 7) is 7.64. The molecule has 1 aromatic carbocycles. The Morgan fingerprint density at radius 1 is 1.19 bits per heavy atom. The van der Waals surface area contributed by atoms with Crippen molar-refractivity contribution >= 4 is 22.3 Å². The van der Waals surface area contributed by atoms with Crippen LogP contribution in [0.5, 0.6) is 5.75 Å². The molecule has 0 radical (unpaired) electrons. The van der Waals surface area contributed by atoms with Gasteiger partial charge in [-0.2, -0.15) is 0 Å². The van der Waals surface area contributed by atoms with Gasteiger partial charge in [0.25, 0.3) is 0 Å². The van der Waals surface area contributed by atoms with Crippen LogP contribution >= 0.6 is 11.3 Å². The summed E-state index contributed by atoms with van der Waals surface area (Å²) >= 11 is 1.67. The van der Waals surface area contributed by atoms with Crippen LogP contribution in [0.2, 0.25) is 0 Å². The number of piperidine rings is 1. The van der Waals surface area contributed by atoms with E-state index in [4.69, 9.17) is 15.5 Å². The first kappa shape index (κ1) is 26.9. The van der Waals surface area contributed by atoms with Gasteiger partial charge < -0.3 is 31.1 Å². The van der Waals surface area contributed by atoms with E-state index < -0.39 is 5.60 Å². The van der Waals surface area contributed by atoms with E-state index in [-0.39, 0.29) is 0 Å². The second-order valence-corrected chi connectivity index (χ2v) is 10.7. The molecule has 5 N–H and O–H groups in total. The number of hydrogen-bond donors (Lipinski definition) is 4. The maximum atomic E-state index is 9.84. The minimum Gasteiger partial charge on any atom is -0.485 e. The van der Waals surface area contributed by atoms with Crippen LogP contribution in [-0.2, 0) is 6.61 Å². The predicted octanol–water partition coefficient (Wildman–Crippen LogP) is 3.27. The number of aliphatic hydroxyl groups is 1. The van der Waals surface area contributed by atoms with Crippen LogP contribution < -0.4 is 26.0 Å². The molecule has 0 unspecified atom stereocenters. The molecule has 37 heavy (non-hydrogen) atoms. The molecular weight excluding hydrogens is 484 g/mol. The van der Waals surface area contributed by atoms with Gasteiger partial charge in [-0.05, 0) is 57.5 Å². The van der Waals surface area contributed by atoms with Crippen LogP contribution in [0.1, 0.15) is 37.8 Å². The SMILES string of the molecule is CNCCNC1CCN(c2ncc(-c3cnc(N)c(OCc4cccc(C#CC(C)(C)O)c4)c3)s2)CC1. The van der Waals surface area contributed by atoms with E-state index in [0.717, 1.165) is 65.7 Å². The minimum atomic E-state index is -1.04. The fourth-order valence-corrected chi connectivity index (χ4v) is 5.00. The number of pyridine rings is 1. The largest absolute Gasteiger partial charge is 0.485 e.